The molecule has 0 bridgehead atoms. The number of nitrogens with two attached hydrogens (primary N) is 2. The Kier molecular flexibility index (Phi) is 7.79. The zero-order valence-electron chi connectivity index (χ0n) is 18.4. The molecule has 3 rings (SSSR count). The summed E-state index contributed by atoms with van der Waals surface area (Å²) in [5.41, 5.74) is 14.3. The molecule has 0 atom stereocenters. The number of nitriles is 2. The highest BCUT2D eigenvalue weighted by Crippen LogP contribution is 2.41. The molecule has 0 unspecified atom stereocenters. The van der Waals surface area contributed by atoms with Crippen LogP contribution in [0.5, 0.6) is 11.5 Å². The maximum absolute atomic E-state index is 9.86. The van der Waals surface area contributed by atoms with Crippen molar-refractivity contribution in [1.29, 1.82) is 10.5 Å². The average Bonchev–Trinajstić information content (AvgIpc) is 2.78. The van der Waals surface area contributed by atoms with Crippen LogP contribution in [-0.2, 0) is 0 Å². The molecule has 4 N–H and O–H groups in total. The molecule has 1 fully saturated rings. The minimum Gasteiger partial charge on any atom is -0.454 e. The summed E-state index contributed by atoms with van der Waals surface area (Å²) in [5.74, 6) is 1.89. The first-order valence-electron chi connectivity index (χ1n) is 11.4. The van der Waals surface area contributed by atoms with Gasteiger partial charge in [0.25, 0.3) is 0 Å². The van der Waals surface area contributed by atoms with Gasteiger partial charge < -0.3 is 16.2 Å². The molecule has 5 heteroatoms. The summed E-state index contributed by atoms with van der Waals surface area (Å²) in [6.45, 7) is 2.24. The van der Waals surface area contributed by atoms with Crippen molar-refractivity contribution in [3.63, 3.8) is 0 Å². The second-order valence-electron chi connectivity index (χ2n) is 8.59. The minimum absolute atomic E-state index is 0.276. The summed E-state index contributed by atoms with van der Waals surface area (Å²) in [6.07, 6.45) is 11.1. The zero-order chi connectivity index (χ0) is 22.2. The summed E-state index contributed by atoms with van der Waals surface area (Å²) < 4.78 is 5.90. The van der Waals surface area contributed by atoms with Crippen LogP contribution < -0.4 is 16.2 Å². The third-order valence-electron chi connectivity index (χ3n) is 6.43. The maximum Gasteiger partial charge on any atom is 0.150 e. The quantitative estimate of drug-likeness (QED) is 0.371. The third-order valence-corrected chi connectivity index (χ3v) is 6.43. The predicted molar refractivity (Wildman–Crippen MR) is 125 cm³/mol. The summed E-state index contributed by atoms with van der Waals surface area (Å²) >= 11 is 0. The number of benzene rings is 2. The van der Waals surface area contributed by atoms with Crippen LogP contribution in [0.2, 0.25) is 0 Å². The van der Waals surface area contributed by atoms with Crippen molar-refractivity contribution in [3.8, 4) is 23.6 Å². The van der Waals surface area contributed by atoms with E-state index in [4.69, 9.17) is 16.2 Å². The van der Waals surface area contributed by atoms with Gasteiger partial charge in [-0.15, -0.1) is 0 Å². The van der Waals surface area contributed by atoms with Crippen LogP contribution in [0.25, 0.3) is 0 Å². The van der Waals surface area contributed by atoms with E-state index in [0.717, 1.165) is 24.3 Å². The first-order valence-corrected chi connectivity index (χ1v) is 11.4. The Labute approximate surface area is 185 Å². The summed E-state index contributed by atoms with van der Waals surface area (Å²) in [6, 6.07) is 13.2. The minimum atomic E-state index is 0.276. The Balaban J connectivity index is 1.74. The van der Waals surface area contributed by atoms with E-state index < -0.39 is 0 Å². The maximum atomic E-state index is 9.86. The number of unbranched alkanes of at least 4 members (excludes halogenated alkanes) is 3. The number of rotatable bonds is 8. The number of hydrogen-bond acceptors (Lipinski definition) is 5. The topological polar surface area (TPSA) is 109 Å². The molecule has 0 heterocycles. The van der Waals surface area contributed by atoms with Gasteiger partial charge in [0.05, 0.1) is 11.3 Å². The number of nitrogens with zero attached hydrogens (tertiary/aromatic N) is 2. The summed E-state index contributed by atoms with van der Waals surface area (Å²) in [4.78, 5) is 0. The van der Waals surface area contributed by atoms with Crippen LogP contribution in [0, 0.1) is 28.6 Å². The molecule has 31 heavy (non-hydrogen) atoms. The Morgan fingerprint density at radius 2 is 1.61 bits per heavy atom. The molecule has 2 aromatic rings. The first-order chi connectivity index (χ1) is 15.1. The molecule has 2 aromatic carbocycles. The second kappa shape index (κ2) is 10.7. The fraction of sp³-hybridized carbons (Fsp3) is 0.462. The Bertz CT molecular complexity index is 978. The van der Waals surface area contributed by atoms with Crippen molar-refractivity contribution in [2.45, 2.75) is 70.6 Å². The average molecular weight is 417 g/mol. The fourth-order valence-corrected chi connectivity index (χ4v) is 4.66. The predicted octanol–water partition coefficient (Wildman–Crippen LogP) is 6.63. The van der Waals surface area contributed by atoms with Crippen LogP contribution in [-0.4, -0.2) is 0 Å². The molecule has 1 aliphatic carbocycles. The van der Waals surface area contributed by atoms with Crippen molar-refractivity contribution >= 4 is 11.4 Å². The number of ether oxygens (including phenoxy) is 1. The van der Waals surface area contributed by atoms with Gasteiger partial charge in [0.1, 0.15) is 23.5 Å². The van der Waals surface area contributed by atoms with Gasteiger partial charge in [-0.3, -0.25) is 0 Å². The van der Waals surface area contributed by atoms with E-state index in [1.165, 1.54) is 44.9 Å². The van der Waals surface area contributed by atoms with E-state index in [0.29, 0.717) is 34.4 Å². The monoisotopic (exact) mass is 416 g/mol. The van der Waals surface area contributed by atoms with Crippen LogP contribution in [0.15, 0.2) is 30.3 Å². The number of hydrogen-bond donors (Lipinski definition) is 2. The van der Waals surface area contributed by atoms with E-state index >= 15 is 0 Å². The van der Waals surface area contributed by atoms with Crippen molar-refractivity contribution in [1.82, 2.24) is 0 Å². The van der Waals surface area contributed by atoms with Crippen LogP contribution in [0.3, 0.4) is 0 Å². The first kappa shape index (κ1) is 22.5. The molecule has 5 nitrogen and oxygen atoms in total. The Morgan fingerprint density at radius 3 is 2.26 bits per heavy atom. The van der Waals surface area contributed by atoms with Gasteiger partial charge in [0, 0.05) is 5.69 Å². The molecule has 0 spiro atoms. The highest BCUT2D eigenvalue weighted by molar-refractivity contribution is 5.64. The van der Waals surface area contributed by atoms with Gasteiger partial charge >= 0.3 is 0 Å². The second-order valence-corrected chi connectivity index (χ2v) is 8.59. The molecular formula is C26H32N4O. The zero-order valence-corrected chi connectivity index (χ0v) is 18.4. The van der Waals surface area contributed by atoms with E-state index in [1.54, 1.807) is 24.3 Å². The Morgan fingerprint density at radius 1 is 0.903 bits per heavy atom. The van der Waals surface area contributed by atoms with Gasteiger partial charge in [0.2, 0.25) is 0 Å². The molecular weight excluding hydrogens is 384 g/mol. The molecule has 1 aliphatic rings. The van der Waals surface area contributed by atoms with Gasteiger partial charge in [-0.2, -0.15) is 10.5 Å². The molecule has 0 saturated heterocycles. The normalized spacial score (nSPS) is 18.2. The summed E-state index contributed by atoms with van der Waals surface area (Å²) in [5, 5.41) is 19.7. The number of nitrogen functional groups attached to an aromatic ring is 2. The molecule has 0 amide bonds. The lowest BCUT2D eigenvalue weighted by atomic mass is 9.75. The molecule has 0 radical (unpaired) electrons. The van der Waals surface area contributed by atoms with Crippen LogP contribution in [0.4, 0.5) is 11.4 Å². The lowest BCUT2D eigenvalue weighted by molar-refractivity contribution is 0.302. The van der Waals surface area contributed by atoms with Gasteiger partial charge in [-0.05, 0) is 67.3 Å². The van der Waals surface area contributed by atoms with E-state index in [2.05, 4.69) is 19.1 Å². The lowest BCUT2D eigenvalue weighted by Crippen LogP contribution is -2.15. The van der Waals surface area contributed by atoms with Gasteiger partial charge in [0.15, 0.2) is 5.75 Å². The number of anilines is 2. The van der Waals surface area contributed by atoms with Crippen molar-refractivity contribution in [2.24, 2.45) is 5.92 Å². The smallest absolute Gasteiger partial charge is 0.150 e. The van der Waals surface area contributed by atoms with Crippen molar-refractivity contribution in [3.05, 3.63) is 47.0 Å². The highest BCUT2D eigenvalue weighted by Gasteiger charge is 2.26. The van der Waals surface area contributed by atoms with Gasteiger partial charge in [-0.25, -0.2) is 0 Å². The standard InChI is InChI=1S/C26H32N4O/c1-2-3-4-5-6-18-7-9-19(10-8-18)21-12-14-25(23(17-28)22(21)16-27)31-26-13-11-20(29)15-24(26)30/h11-15,18-19H,2-10,29-30H2,1H3. The van der Waals surface area contributed by atoms with Crippen molar-refractivity contribution < 1.29 is 4.74 Å². The molecule has 0 aliphatic heterocycles. The largest absolute Gasteiger partial charge is 0.454 e. The van der Waals surface area contributed by atoms with Crippen LogP contribution in [0.1, 0.15) is 87.3 Å². The fourth-order valence-electron chi connectivity index (χ4n) is 4.66. The van der Waals surface area contributed by atoms with E-state index in [1.807, 2.05) is 6.07 Å². The van der Waals surface area contributed by atoms with Crippen molar-refractivity contribution in [2.75, 3.05) is 11.5 Å². The SMILES string of the molecule is CCCCCCC1CCC(c2ccc(Oc3ccc(N)cc3N)c(C#N)c2C#N)CC1. The third kappa shape index (κ3) is 5.50. The van der Waals surface area contributed by atoms with E-state index in [-0.39, 0.29) is 5.56 Å². The Hall–Kier alpha value is -3.18. The van der Waals surface area contributed by atoms with Crippen LogP contribution >= 0.6 is 0 Å². The van der Waals surface area contributed by atoms with Gasteiger partial charge in [-0.1, -0.05) is 45.1 Å². The molecule has 1 saturated carbocycles. The highest BCUT2D eigenvalue weighted by atomic mass is 16.5. The molecule has 162 valence electrons. The molecule has 0 aromatic heterocycles. The van der Waals surface area contributed by atoms with E-state index in [9.17, 15) is 10.5 Å². The lowest BCUT2D eigenvalue weighted by Gasteiger charge is -2.29. The summed E-state index contributed by atoms with van der Waals surface area (Å²) in [7, 11) is 0.